The Bertz CT molecular complexity index is 743. The summed E-state index contributed by atoms with van der Waals surface area (Å²) < 4.78 is 5.18. The first kappa shape index (κ1) is 25.5. The van der Waals surface area contributed by atoms with Crippen molar-refractivity contribution in [2.75, 3.05) is 25.0 Å². The molecule has 0 saturated carbocycles. The van der Waals surface area contributed by atoms with Crippen LogP contribution in [0.15, 0.2) is 30.3 Å². The Balaban J connectivity index is 1.60. The number of nitrogens with one attached hydrogen (secondary N) is 3. The molecule has 1 saturated heterocycles. The summed E-state index contributed by atoms with van der Waals surface area (Å²) in [6, 6.07) is 8.51. The largest absolute Gasteiger partial charge is 0.444 e. The molecule has 32 heavy (non-hydrogen) atoms. The number of piperidine rings is 1. The normalized spacial score (nSPS) is 15.6. The van der Waals surface area contributed by atoms with Crippen LogP contribution in [0.4, 0.5) is 15.3 Å². The first-order chi connectivity index (χ1) is 15.1. The van der Waals surface area contributed by atoms with E-state index in [9.17, 15) is 14.4 Å². The van der Waals surface area contributed by atoms with E-state index in [0.29, 0.717) is 38.9 Å². The SMILES string of the molecule is CC(C)(C)OC(=O)NCCCCC(N)C(=O)N1CCC(NC(=O)Nc2ccccc2)CC1. The average Bonchev–Trinajstić information content (AvgIpc) is 2.72. The van der Waals surface area contributed by atoms with Crippen LogP contribution in [0.2, 0.25) is 0 Å². The van der Waals surface area contributed by atoms with Crippen LogP contribution >= 0.6 is 0 Å². The third-order valence-electron chi connectivity index (χ3n) is 5.10. The lowest BCUT2D eigenvalue weighted by atomic mass is 10.0. The van der Waals surface area contributed by atoms with Crippen LogP contribution in [0, 0.1) is 0 Å². The maximum absolute atomic E-state index is 12.6. The average molecular weight is 448 g/mol. The molecule has 0 spiro atoms. The van der Waals surface area contributed by atoms with Gasteiger partial charge in [0.25, 0.3) is 0 Å². The Kier molecular flexibility index (Phi) is 9.77. The van der Waals surface area contributed by atoms with Gasteiger partial charge in [0.05, 0.1) is 6.04 Å². The van der Waals surface area contributed by atoms with Gasteiger partial charge in [0.2, 0.25) is 5.91 Å². The lowest BCUT2D eigenvalue weighted by Crippen LogP contribution is -2.51. The number of hydrogen-bond donors (Lipinski definition) is 4. The predicted octanol–water partition coefficient (Wildman–Crippen LogP) is 2.82. The molecule has 4 amide bonds. The second-order valence-electron chi connectivity index (χ2n) is 9.09. The van der Waals surface area contributed by atoms with E-state index in [1.807, 2.05) is 51.1 Å². The number of hydrogen-bond acceptors (Lipinski definition) is 5. The maximum atomic E-state index is 12.6. The number of anilines is 1. The van der Waals surface area contributed by atoms with E-state index in [0.717, 1.165) is 18.5 Å². The van der Waals surface area contributed by atoms with Gasteiger partial charge < -0.3 is 31.3 Å². The first-order valence-corrected chi connectivity index (χ1v) is 11.3. The zero-order valence-electron chi connectivity index (χ0n) is 19.4. The quantitative estimate of drug-likeness (QED) is 0.456. The first-order valence-electron chi connectivity index (χ1n) is 11.3. The monoisotopic (exact) mass is 447 g/mol. The molecule has 5 N–H and O–H groups in total. The van der Waals surface area contributed by atoms with Crippen LogP contribution in [0.1, 0.15) is 52.9 Å². The summed E-state index contributed by atoms with van der Waals surface area (Å²) in [6.07, 6.45) is 2.98. The highest BCUT2D eigenvalue weighted by Gasteiger charge is 2.27. The second-order valence-corrected chi connectivity index (χ2v) is 9.09. The standard InChI is InChI=1S/C23H37N5O4/c1-23(2,3)32-22(31)25-14-8-7-11-19(24)20(29)28-15-12-18(13-16-28)27-21(30)26-17-9-5-4-6-10-17/h4-6,9-10,18-19H,7-8,11-16,24H2,1-3H3,(H,25,31)(H2,26,27,30). The Morgan fingerprint density at radius 1 is 1.12 bits per heavy atom. The van der Waals surface area contributed by atoms with Crippen molar-refractivity contribution in [2.24, 2.45) is 5.73 Å². The molecule has 1 unspecified atom stereocenters. The van der Waals surface area contributed by atoms with Gasteiger partial charge in [-0.05, 0) is 65.0 Å². The highest BCUT2D eigenvalue weighted by Crippen LogP contribution is 2.14. The minimum absolute atomic E-state index is 0.0258. The molecule has 1 aromatic carbocycles. The van der Waals surface area contributed by atoms with Crippen LogP contribution in [0.3, 0.4) is 0 Å². The van der Waals surface area contributed by atoms with Crippen molar-refractivity contribution in [1.29, 1.82) is 0 Å². The van der Waals surface area contributed by atoms with Crippen molar-refractivity contribution in [1.82, 2.24) is 15.5 Å². The van der Waals surface area contributed by atoms with E-state index in [1.54, 1.807) is 4.90 Å². The number of para-hydroxylation sites is 1. The zero-order valence-corrected chi connectivity index (χ0v) is 19.4. The Morgan fingerprint density at radius 2 is 1.78 bits per heavy atom. The highest BCUT2D eigenvalue weighted by molar-refractivity contribution is 5.89. The third-order valence-corrected chi connectivity index (χ3v) is 5.10. The fourth-order valence-corrected chi connectivity index (χ4v) is 3.47. The minimum Gasteiger partial charge on any atom is -0.444 e. The molecule has 0 bridgehead atoms. The van der Waals surface area contributed by atoms with E-state index in [1.165, 1.54) is 0 Å². The summed E-state index contributed by atoms with van der Waals surface area (Å²) in [6.45, 7) is 7.07. The molecular weight excluding hydrogens is 410 g/mol. The number of ether oxygens (including phenoxy) is 1. The molecule has 0 radical (unpaired) electrons. The zero-order chi connectivity index (χ0) is 23.6. The van der Waals surface area contributed by atoms with E-state index in [-0.39, 0.29) is 18.0 Å². The molecule has 1 atom stereocenters. The fraction of sp³-hybridized carbons (Fsp3) is 0.609. The number of amides is 4. The lowest BCUT2D eigenvalue weighted by molar-refractivity contribution is -0.133. The number of nitrogens with zero attached hydrogens (tertiary/aromatic N) is 1. The number of likely N-dealkylation sites (tertiary alicyclic amines) is 1. The Morgan fingerprint density at radius 3 is 2.41 bits per heavy atom. The summed E-state index contributed by atoms with van der Waals surface area (Å²) in [5.41, 5.74) is 6.31. The van der Waals surface area contributed by atoms with Crippen molar-refractivity contribution in [3.05, 3.63) is 30.3 Å². The number of benzene rings is 1. The fourth-order valence-electron chi connectivity index (χ4n) is 3.47. The molecule has 1 heterocycles. The molecule has 178 valence electrons. The van der Waals surface area contributed by atoms with Crippen LogP contribution in [-0.4, -0.2) is 60.3 Å². The smallest absolute Gasteiger partial charge is 0.407 e. The van der Waals surface area contributed by atoms with E-state index >= 15 is 0 Å². The second kappa shape index (κ2) is 12.3. The summed E-state index contributed by atoms with van der Waals surface area (Å²) in [5, 5.41) is 8.48. The van der Waals surface area contributed by atoms with E-state index < -0.39 is 17.7 Å². The molecule has 9 nitrogen and oxygen atoms in total. The van der Waals surface area contributed by atoms with Crippen LogP contribution in [-0.2, 0) is 9.53 Å². The summed E-state index contributed by atoms with van der Waals surface area (Å²) >= 11 is 0. The van der Waals surface area contributed by atoms with Gasteiger partial charge in [-0.25, -0.2) is 9.59 Å². The predicted molar refractivity (Wildman–Crippen MR) is 124 cm³/mol. The van der Waals surface area contributed by atoms with E-state index in [4.69, 9.17) is 10.5 Å². The number of nitrogens with two attached hydrogens (primary N) is 1. The van der Waals surface area contributed by atoms with Crippen LogP contribution in [0.5, 0.6) is 0 Å². The Hall–Kier alpha value is -2.81. The highest BCUT2D eigenvalue weighted by atomic mass is 16.6. The van der Waals surface area contributed by atoms with Crippen molar-refractivity contribution in [2.45, 2.75) is 70.6 Å². The number of urea groups is 1. The summed E-state index contributed by atoms with van der Waals surface area (Å²) in [5.74, 6) is -0.0581. The number of unbranched alkanes of at least 4 members (excludes halogenated alkanes) is 1. The van der Waals surface area contributed by atoms with Gasteiger partial charge in [0.1, 0.15) is 5.60 Å². The maximum Gasteiger partial charge on any atom is 0.407 e. The molecule has 0 aliphatic carbocycles. The molecule has 1 aliphatic rings. The Labute approximate surface area is 190 Å². The number of carbonyl (C=O) groups excluding carboxylic acids is 3. The molecule has 1 aromatic rings. The minimum atomic E-state index is -0.553. The van der Waals surface area contributed by atoms with Crippen molar-refractivity contribution < 1.29 is 19.1 Å². The molecule has 2 rings (SSSR count). The summed E-state index contributed by atoms with van der Waals surface area (Å²) in [7, 11) is 0. The van der Waals surface area contributed by atoms with Crippen molar-refractivity contribution >= 4 is 23.7 Å². The van der Waals surface area contributed by atoms with Gasteiger partial charge in [-0.1, -0.05) is 18.2 Å². The molecule has 9 heteroatoms. The van der Waals surface area contributed by atoms with Crippen LogP contribution < -0.4 is 21.7 Å². The van der Waals surface area contributed by atoms with Gasteiger partial charge in [-0.15, -0.1) is 0 Å². The lowest BCUT2D eigenvalue weighted by Gasteiger charge is -2.33. The van der Waals surface area contributed by atoms with E-state index in [2.05, 4.69) is 16.0 Å². The third kappa shape index (κ3) is 9.55. The van der Waals surface area contributed by atoms with Gasteiger partial charge in [0.15, 0.2) is 0 Å². The molecule has 1 fully saturated rings. The van der Waals surface area contributed by atoms with Crippen LogP contribution in [0.25, 0.3) is 0 Å². The summed E-state index contributed by atoms with van der Waals surface area (Å²) in [4.78, 5) is 38.1. The van der Waals surface area contributed by atoms with Gasteiger partial charge in [-0.2, -0.15) is 0 Å². The van der Waals surface area contributed by atoms with Gasteiger partial charge in [0, 0.05) is 31.4 Å². The van der Waals surface area contributed by atoms with Gasteiger partial charge >= 0.3 is 12.1 Å². The van der Waals surface area contributed by atoms with Crippen molar-refractivity contribution in [3.8, 4) is 0 Å². The number of carbonyl (C=O) groups is 3. The number of rotatable bonds is 8. The molecular formula is C23H37N5O4. The van der Waals surface area contributed by atoms with Gasteiger partial charge in [-0.3, -0.25) is 4.79 Å². The topological polar surface area (TPSA) is 126 Å². The number of alkyl carbamates (subject to hydrolysis) is 1. The molecule has 1 aliphatic heterocycles. The molecule has 0 aromatic heterocycles. The van der Waals surface area contributed by atoms with Crippen molar-refractivity contribution in [3.63, 3.8) is 0 Å².